The van der Waals surface area contributed by atoms with Gasteiger partial charge >= 0.3 is 0 Å². The molecule has 0 aromatic heterocycles. The molecule has 0 radical (unpaired) electrons. The summed E-state index contributed by atoms with van der Waals surface area (Å²) in [6.07, 6.45) is 7.00. The molecule has 0 bridgehead atoms. The minimum Gasteiger partial charge on any atom is -0.377 e. The molecule has 19 heavy (non-hydrogen) atoms. The van der Waals surface area contributed by atoms with Gasteiger partial charge in [0.15, 0.2) is 0 Å². The summed E-state index contributed by atoms with van der Waals surface area (Å²) in [4.78, 5) is 0. The lowest BCUT2D eigenvalue weighted by Gasteiger charge is -2.21. The summed E-state index contributed by atoms with van der Waals surface area (Å²) in [5.41, 5.74) is 0. The van der Waals surface area contributed by atoms with E-state index < -0.39 is 10.0 Å². The van der Waals surface area contributed by atoms with Crippen molar-refractivity contribution in [1.29, 1.82) is 0 Å². The molecule has 1 aliphatic carbocycles. The lowest BCUT2D eigenvalue weighted by Crippen LogP contribution is -2.32. The van der Waals surface area contributed by atoms with Crippen LogP contribution in [0.1, 0.15) is 45.4 Å². The van der Waals surface area contributed by atoms with Crippen molar-refractivity contribution in [3.05, 3.63) is 0 Å². The molecular weight excluding hydrogens is 264 g/mol. The molecule has 114 valence electrons. The second kappa shape index (κ2) is 9.69. The Hall–Kier alpha value is -0.170. The van der Waals surface area contributed by atoms with Crippen LogP contribution in [-0.2, 0) is 14.8 Å². The van der Waals surface area contributed by atoms with Crippen LogP contribution in [0.5, 0.6) is 0 Å². The zero-order chi connectivity index (χ0) is 14.0. The van der Waals surface area contributed by atoms with Crippen molar-refractivity contribution >= 4 is 10.0 Å². The quantitative estimate of drug-likeness (QED) is 0.595. The first kappa shape index (κ1) is 16.9. The van der Waals surface area contributed by atoms with Crippen LogP contribution < -0.4 is 10.0 Å². The molecule has 2 N–H and O–H groups in total. The van der Waals surface area contributed by atoms with E-state index in [1.54, 1.807) is 0 Å². The Balaban J connectivity index is 2.03. The molecular formula is C13H28N2O3S. The Morgan fingerprint density at radius 3 is 2.58 bits per heavy atom. The number of sulfonamides is 1. The molecule has 0 unspecified atom stereocenters. The number of nitrogens with one attached hydrogen (secondary N) is 2. The van der Waals surface area contributed by atoms with Crippen LogP contribution in [0.2, 0.25) is 0 Å². The van der Waals surface area contributed by atoms with E-state index in [2.05, 4.69) is 10.0 Å². The van der Waals surface area contributed by atoms with Crippen molar-refractivity contribution in [2.75, 3.05) is 32.0 Å². The molecule has 0 heterocycles. The summed E-state index contributed by atoms with van der Waals surface area (Å²) < 4.78 is 31.6. The van der Waals surface area contributed by atoms with E-state index in [9.17, 15) is 8.42 Å². The summed E-state index contributed by atoms with van der Waals surface area (Å²) in [6.45, 7) is 4.51. The summed E-state index contributed by atoms with van der Waals surface area (Å²) in [7, 11) is -3.14. The van der Waals surface area contributed by atoms with Crippen molar-refractivity contribution in [3.8, 4) is 0 Å². The van der Waals surface area contributed by atoms with Crippen molar-refractivity contribution in [2.24, 2.45) is 0 Å². The molecule has 0 spiro atoms. The minimum absolute atomic E-state index is 0.184. The third-order valence-electron chi connectivity index (χ3n) is 3.35. The van der Waals surface area contributed by atoms with E-state index in [1.165, 1.54) is 19.3 Å². The van der Waals surface area contributed by atoms with E-state index in [4.69, 9.17) is 4.74 Å². The maximum absolute atomic E-state index is 11.7. The Morgan fingerprint density at radius 2 is 1.89 bits per heavy atom. The molecule has 0 atom stereocenters. The van der Waals surface area contributed by atoms with Gasteiger partial charge in [-0.1, -0.05) is 26.2 Å². The average Bonchev–Trinajstić information content (AvgIpc) is 2.41. The predicted molar refractivity (Wildman–Crippen MR) is 77.8 cm³/mol. The zero-order valence-electron chi connectivity index (χ0n) is 12.0. The number of hydrogen-bond donors (Lipinski definition) is 2. The largest absolute Gasteiger partial charge is 0.377 e. The van der Waals surface area contributed by atoms with Crippen molar-refractivity contribution in [3.63, 3.8) is 0 Å². The molecule has 1 fully saturated rings. The highest BCUT2D eigenvalue weighted by Gasteiger charge is 2.14. The topological polar surface area (TPSA) is 67.4 Å². The van der Waals surface area contributed by atoms with E-state index in [0.29, 0.717) is 25.7 Å². The fourth-order valence-corrected chi connectivity index (χ4v) is 3.35. The monoisotopic (exact) mass is 292 g/mol. The lowest BCUT2D eigenvalue weighted by atomic mass is 9.98. The van der Waals surface area contributed by atoms with Crippen molar-refractivity contribution in [1.82, 2.24) is 10.0 Å². The van der Waals surface area contributed by atoms with Gasteiger partial charge in [-0.2, -0.15) is 0 Å². The highest BCUT2D eigenvalue weighted by molar-refractivity contribution is 7.89. The van der Waals surface area contributed by atoms with Crippen LogP contribution in [0.15, 0.2) is 0 Å². The second-order valence-corrected chi connectivity index (χ2v) is 6.98. The van der Waals surface area contributed by atoms with Crippen LogP contribution in [0.25, 0.3) is 0 Å². The highest BCUT2D eigenvalue weighted by atomic mass is 32.2. The molecule has 5 nitrogen and oxygen atoms in total. The van der Waals surface area contributed by atoms with Crippen LogP contribution >= 0.6 is 0 Å². The second-order valence-electron chi connectivity index (χ2n) is 5.05. The van der Waals surface area contributed by atoms with Gasteiger partial charge in [0.2, 0.25) is 10.0 Å². The summed E-state index contributed by atoms with van der Waals surface area (Å²) in [6, 6.07) is 0. The molecule has 0 saturated heterocycles. The molecule has 0 aliphatic heterocycles. The van der Waals surface area contributed by atoms with Gasteiger partial charge in [0, 0.05) is 6.54 Å². The van der Waals surface area contributed by atoms with Crippen LogP contribution in [0.4, 0.5) is 0 Å². The number of rotatable bonds is 10. The molecule has 0 aromatic rings. The van der Waals surface area contributed by atoms with Crippen molar-refractivity contribution < 1.29 is 13.2 Å². The van der Waals surface area contributed by atoms with Crippen LogP contribution in [0.3, 0.4) is 0 Å². The van der Waals surface area contributed by atoms with Gasteiger partial charge in [-0.25, -0.2) is 13.1 Å². The molecule has 0 aromatic carbocycles. The fraction of sp³-hybridized carbons (Fsp3) is 1.00. The molecule has 0 amide bonds. The van der Waals surface area contributed by atoms with Gasteiger partial charge in [0.05, 0.1) is 18.5 Å². The first-order valence-electron chi connectivity index (χ1n) is 7.43. The number of ether oxygens (including phenoxy) is 1. The maximum atomic E-state index is 11.7. The van der Waals surface area contributed by atoms with Crippen LogP contribution in [0, 0.1) is 0 Å². The summed E-state index contributed by atoms with van der Waals surface area (Å²) >= 11 is 0. The molecule has 6 heteroatoms. The summed E-state index contributed by atoms with van der Waals surface area (Å²) in [5, 5.41) is 3.11. The Labute approximate surface area is 117 Å². The smallest absolute Gasteiger partial charge is 0.211 e. The molecule has 1 rings (SSSR count). The van der Waals surface area contributed by atoms with Crippen LogP contribution in [-0.4, -0.2) is 46.5 Å². The SMILES string of the molecule is CCNCCCS(=O)(=O)NCCOC1CCCCC1. The van der Waals surface area contributed by atoms with Gasteiger partial charge in [-0.3, -0.25) is 0 Å². The molecule has 1 saturated carbocycles. The third-order valence-corrected chi connectivity index (χ3v) is 4.82. The first-order chi connectivity index (χ1) is 9.14. The Kier molecular flexibility index (Phi) is 8.61. The van der Waals surface area contributed by atoms with E-state index in [-0.39, 0.29) is 5.75 Å². The maximum Gasteiger partial charge on any atom is 0.211 e. The fourth-order valence-electron chi connectivity index (χ4n) is 2.29. The third kappa shape index (κ3) is 8.57. The van der Waals surface area contributed by atoms with E-state index in [1.807, 2.05) is 6.92 Å². The minimum atomic E-state index is -3.14. The Bertz CT molecular complexity index is 314. The van der Waals surface area contributed by atoms with E-state index in [0.717, 1.165) is 25.9 Å². The molecule has 1 aliphatic rings. The standard InChI is InChI=1S/C13H28N2O3S/c1-2-14-9-6-12-19(16,17)15-10-11-18-13-7-4-3-5-8-13/h13-15H,2-12H2,1H3. The Morgan fingerprint density at radius 1 is 1.16 bits per heavy atom. The van der Waals surface area contributed by atoms with Crippen molar-refractivity contribution in [2.45, 2.75) is 51.6 Å². The lowest BCUT2D eigenvalue weighted by molar-refractivity contribution is 0.0321. The van der Waals surface area contributed by atoms with Gasteiger partial charge in [-0.05, 0) is 32.4 Å². The average molecular weight is 292 g/mol. The summed E-state index contributed by atoms with van der Waals surface area (Å²) in [5.74, 6) is 0.184. The van der Waals surface area contributed by atoms with Gasteiger partial charge in [-0.15, -0.1) is 0 Å². The predicted octanol–water partition coefficient (Wildman–Crippen LogP) is 1.25. The van der Waals surface area contributed by atoms with E-state index >= 15 is 0 Å². The van der Waals surface area contributed by atoms with Gasteiger partial charge in [0.25, 0.3) is 0 Å². The normalized spacial score (nSPS) is 17.7. The highest BCUT2D eigenvalue weighted by Crippen LogP contribution is 2.19. The zero-order valence-corrected chi connectivity index (χ0v) is 12.8. The number of hydrogen-bond acceptors (Lipinski definition) is 4. The first-order valence-corrected chi connectivity index (χ1v) is 9.09. The van der Waals surface area contributed by atoms with Gasteiger partial charge < -0.3 is 10.1 Å². The van der Waals surface area contributed by atoms with Gasteiger partial charge in [0.1, 0.15) is 0 Å².